The second-order valence-electron chi connectivity index (χ2n) is 3.75. The number of hydrogen-bond donors (Lipinski definition) is 0. The van der Waals surface area contributed by atoms with E-state index in [2.05, 4.69) is 13.8 Å². The Hall–Kier alpha value is -1.44. The third-order valence-corrected chi connectivity index (χ3v) is 2.37. The zero-order valence-corrected chi connectivity index (χ0v) is 8.44. The maximum atomic E-state index is 5.42. The second kappa shape index (κ2) is 3.74. The SMILES string of the molecule is CC(C)C(c1ccco1)c1ccco1. The monoisotopic (exact) mass is 190 g/mol. The van der Waals surface area contributed by atoms with E-state index in [9.17, 15) is 0 Å². The van der Waals surface area contributed by atoms with E-state index in [0.717, 1.165) is 11.5 Å². The van der Waals surface area contributed by atoms with Gasteiger partial charge in [-0.15, -0.1) is 0 Å². The maximum absolute atomic E-state index is 5.42. The van der Waals surface area contributed by atoms with Gasteiger partial charge in [0.15, 0.2) is 0 Å². The van der Waals surface area contributed by atoms with Crippen LogP contribution >= 0.6 is 0 Å². The minimum absolute atomic E-state index is 0.222. The highest BCUT2D eigenvalue weighted by atomic mass is 16.3. The first-order valence-electron chi connectivity index (χ1n) is 4.86. The van der Waals surface area contributed by atoms with Gasteiger partial charge in [-0.25, -0.2) is 0 Å². The summed E-state index contributed by atoms with van der Waals surface area (Å²) in [4.78, 5) is 0. The van der Waals surface area contributed by atoms with Crippen LogP contribution in [0, 0.1) is 5.92 Å². The predicted molar refractivity (Wildman–Crippen MR) is 54.1 cm³/mol. The van der Waals surface area contributed by atoms with Crippen molar-refractivity contribution in [2.75, 3.05) is 0 Å². The van der Waals surface area contributed by atoms with Crippen LogP contribution in [0.4, 0.5) is 0 Å². The summed E-state index contributed by atoms with van der Waals surface area (Å²) in [5.41, 5.74) is 0. The second-order valence-corrected chi connectivity index (χ2v) is 3.75. The van der Waals surface area contributed by atoms with Crippen molar-refractivity contribution in [2.24, 2.45) is 5.92 Å². The van der Waals surface area contributed by atoms with Crippen molar-refractivity contribution >= 4 is 0 Å². The van der Waals surface area contributed by atoms with E-state index in [1.54, 1.807) is 12.5 Å². The number of rotatable bonds is 3. The molecule has 0 radical (unpaired) electrons. The Morgan fingerprint density at radius 2 is 1.43 bits per heavy atom. The lowest BCUT2D eigenvalue weighted by Crippen LogP contribution is -2.06. The summed E-state index contributed by atoms with van der Waals surface area (Å²) in [6, 6.07) is 7.81. The van der Waals surface area contributed by atoms with E-state index in [0.29, 0.717) is 5.92 Å². The molecule has 0 saturated carbocycles. The smallest absolute Gasteiger partial charge is 0.114 e. The topological polar surface area (TPSA) is 26.3 Å². The summed E-state index contributed by atoms with van der Waals surface area (Å²) in [5.74, 6) is 2.62. The van der Waals surface area contributed by atoms with Crippen molar-refractivity contribution in [3.63, 3.8) is 0 Å². The minimum Gasteiger partial charge on any atom is -0.469 e. The maximum Gasteiger partial charge on any atom is 0.114 e. The highest BCUT2D eigenvalue weighted by Crippen LogP contribution is 2.32. The molecule has 0 aliphatic rings. The van der Waals surface area contributed by atoms with E-state index in [4.69, 9.17) is 8.83 Å². The van der Waals surface area contributed by atoms with E-state index >= 15 is 0 Å². The molecule has 0 saturated heterocycles. The van der Waals surface area contributed by atoms with Crippen LogP contribution in [0.5, 0.6) is 0 Å². The molecule has 0 bridgehead atoms. The first kappa shape index (κ1) is 9.13. The molecule has 2 heteroatoms. The third-order valence-electron chi connectivity index (χ3n) is 2.37. The fourth-order valence-electron chi connectivity index (χ4n) is 1.73. The Morgan fingerprint density at radius 3 is 1.71 bits per heavy atom. The van der Waals surface area contributed by atoms with Crippen molar-refractivity contribution in [1.29, 1.82) is 0 Å². The first-order valence-corrected chi connectivity index (χ1v) is 4.86. The molecule has 2 heterocycles. The van der Waals surface area contributed by atoms with Gasteiger partial charge >= 0.3 is 0 Å². The number of furan rings is 2. The molecule has 0 aliphatic carbocycles. The normalized spacial score (nSPS) is 11.4. The molecule has 0 unspecified atom stereocenters. The lowest BCUT2D eigenvalue weighted by Gasteiger charge is -2.15. The highest BCUT2D eigenvalue weighted by Gasteiger charge is 2.22. The van der Waals surface area contributed by atoms with E-state index < -0.39 is 0 Å². The minimum atomic E-state index is 0.222. The molecule has 0 aromatic carbocycles. The van der Waals surface area contributed by atoms with Crippen LogP contribution in [-0.2, 0) is 0 Å². The van der Waals surface area contributed by atoms with Gasteiger partial charge in [-0.3, -0.25) is 0 Å². The molecule has 14 heavy (non-hydrogen) atoms. The number of hydrogen-bond acceptors (Lipinski definition) is 2. The van der Waals surface area contributed by atoms with Gasteiger partial charge < -0.3 is 8.83 Å². The van der Waals surface area contributed by atoms with Crippen LogP contribution in [0.25, 0.3) is 0 Å². The van der Waals surface area contributed by atoms with Crippen molar-refractivity contribution < 1.29 is 8.83 Å². The molecular weight excluding hydrogens is 176 g/mol. The van der Waals surface area contributed by atoms with E-state index in [-0.39, 0.29) is 5.92 Å². The van der Waals surface area contributed by atoms with E-state index in [1.807, 2.05) is 24.3 Å². The Bertz CT molecular complexity index is 323. The van der Waals surface area contributed by atoms with Crippen LogP contribution in [0.2, 0.25) is 0 Å². The van der Waals surface area contributed by atoms with Crippen molar-refractivity contribution in [3.05, 3.63) is 48.3 Å². The molecule has 2 nitrogen and oxygen atoms in total. The van der Waals surface area contributed by atoms with Gasteiger partial charge in [0.25, 0.3) is 0 Å². The highest BCUT2D eigenvalue weighted by molar-refractivity contribution is 5.19. The van der Waals surface area contributed by atoms with Gasteiger partial charge in [-0.05, 0) is 30.2 Å². The summed E-state index contributed by atoms with van der Waals surface area (Å²) >= 11 is 0. The molecule has 2 aromatic rings. The Balaban J connectivity index is 2.35. The molecule has 0 amide bonds. The summed E-state index contributed by atoms with van der Waals surface area (Å²) in [5, 5.41) is 0. The van der Waals surface area contributed by atoms with Gasteiger partial charge in [-0.2, -0.15) is 0 Å². The molecule has 0 fully saturated rings. The third kappa shape index (κ3) is 1.60. The van der Waals surface area contributed by atoms with Gasteiger partial charge in [0.05, 0.1) is 18.4 Å². The molecule has 2 rings (SSSR count). The predicted octanol–water partition coefficient (Wildman–Crippen LogP) is 3.66. The summed E-state index contributed by atoms with van der Waals surface area (Å²) in [6.45, 7) is 4.32. The molecule has 0 atom stereocenters. The average Bonchev–Trinajstić information content (AvgIpc) is 2.75. The van der Waals surface area contributed by atoms with Gasteiger partial charge in [-0.1, -0.05) is 13.8 Å². The molecular formula is C12H14O2. The summed E-state index contributed by atoms with van der Waals surface area (Å²) in [7, 11) is 0. The average molecular weight is 190 g/mol. The molecule has 0 aliphatic heterocycles. The lowest BCUT2D eigenvalue weighted by molar-refractivity contribution is 0.375. The standard InChI is InChI=1S/C12H14O2/c1-9(2)12(10-5-3-7-13-10)11-6-4-8-14-11/h3-9,12H,1-2H3. The Kier molecular flexibility index (Phi) is 2.44. The summed E-state index contributed by atoms with van der Waals surface area (Å²) in [6.07, 6.45) is 3.40. The van der Waals surface area contributed by atoms with Crippen molar-refractivity contribution in [1.82, 2.24) is 0 Å². The Labute approximate surface area is 83.5 Å². The zero-order chi connectivity index (χ0) is 9.97. The molecule has 2 aromatic heterocycles. The van der Waals surface area contributed by atoms with Crippen molar-refractivity contribution in [2.45, 2.75) is 19.8 Å². The fourth-order valence-corrected chi connectivity index (χ4v) is 1.73. The van der Waals surface area contributed by atoms with Crippen LogP contribution in [0.3, 0.4) is 0 Å². The molecule has 0 N–H and O–H groups in total. The fraction of sp³-hybridized carbons (Fsp3) is 0.333. The van der Waals surface area contributed by atoms with Crippen LogP contribution in [0.15, 0.2) is 45.6 Å². The van der Waals surface area contributed by atoms with E-state index in [1.165, 1.54) is 0 Å². The summed E-state index contributed by atoms with van der Waals surface area (Å²) < 4.78 is 10.8. The Morgan fingerprint density at radius 1 is 0.929 bits per heavy atom. The van der Waals surface area contributed by atoms with Gasteiger partial charge in [0, 0.05) is 0 Å². The quantitative estimate of drug-likeness (QED) is 0.738. The lowest BCUT2D eigenvalue weighted by atomic mass is 9.91. The van der Waals surface area contributed by atoms with Crippen molar-refractivity contribution in [3.8, 4) is 0 Å². The molecule has 0 spiro atoms. The van der Waals surface area contributed by atoms with Crippen LogP contribution in [0.1, 0.15) is 31.3 Å². The van der Waals surface area contributed by atoms with Crippen LogP contribution < -0.4 is 0 Å². The van der Waals surface area contributed by atoms with Gasteiger partial charge in [0.1, 0.15) is 11.5 Å². The zero-order valence-electron chi connectivity index (χ0n) is 8.44. The first-order chi connectivity index (χ1) is 6.79. The van der Waals surface area contributed by atoms with Gasteiger partial charge in [0.2, 0.25) is 0 Å². The largest absolute Gasteiger partial charge is 0.469 e. The molecule has 74 valence electrons. The van der Waals surface area contributed by atoms with Crippen LogP contribution in [-0.4, -0.2) is 0 Å².